The summed E-state index contributed by atoms with van der Waals surface area (Å²) in [5.41, 5.74) is -2.30. The molecule has 0 unspecified atom stereocenters. The van der Waals surface area contributed by atoms with Crippen LogP contribution in [0.25, 0.3) is 0 Å². The number of ether oxygens (including phenoxy) is 4. The molecule has 0 aliphatic heterocycles. The van der Waals surface area contributed by atoms with Crippen LogP contribution in [-0.4, -0.2) is 37.4 Å². The highest BCUT2D eigenvalue weighted by atomic mass is 19.4. The number of anilines is 1. The van der Waals surface area contributed by atoms with Gasteiger partial charge in [-0.1, -0.05) is 0 Å². The Kier molecular flexibility index (Phi) is 8.45. The number of nitrogens with zero attached hydrogens (tertiary/aromatic N) is 1. The van der Waals surface area contributed by atoms with Crippen molar-refractivity contribution in [1.29, 1.82) is 0 Å². The van der Waals surface area contributed by atoms with Crippen molar-refractivity contribution in [1.82, 2.24) is 4.98 Å². The number of benzene rings is 2. The van der Waals surface area contributed by atoms with Gasteiger partial charge in [0.15, 0.2) is 11.5 Å². The first kappa shape index (κ1) is 30.0. The van der Waals surface area contributed by atoms with Crippen molar-refractivity contribution in [3.8, 4) is 23.0 Å². The number of carbonyl (C=O) groups excluding carboxylic acids is 2. The van der Waals surface area contributed by atoms with Crippen LogP contribution in [-0.2, 0) is 10.9 Å². The number of aromatic nitrogens is 1. The van der Waals surface area contributed by atoms with Gasteiger partial charge in [0.05, 0.1) is 25.3 Å². The van der Waals surface area contributed by atoms with E-state index in [2.05, 4.69) is 19.8 Å². The summed E-state index contributed by atoms with van der Waals surface area (Å²) in [4.78, 5) is 29.0. The second-order valence-electron chi connectivity index (χ2n) is 8.00. The van der Waals surface area contributed by atoms with E-state index in [1.807, 2.05) is 0 Å². The fourth-order valence-corrected chi connectivity index (χ4v) is 3.53. The molecule has 0 atom stereocenters. The van der Waals surface area contributed by atoms with Gasteiger partial charge in [-0.25, -0.2) is 9.78 Å². The van der Waals surface area contributed by atoms with Crippen LogP contribution in [0.5, 0.6) is 23.0 Å². The predicted molar refractivity (Wildman–Crippen MR) is 124 cm³/mol. The standard InChI is InChI=1S/C25H19F7N2O6/c1-11-10-33-15(23(36)38-4)9-14(11)34-22(35)19-12(2)13(24(27,28)29)5-6-16(19)39-18-8-7-17(40-25(30,31)32)20(26)21(18)37-3/h5-10H,1-4H3,(H,33,34,35). The Morgan fingerprint density at radius 2 is 1.55 bits per heavy atom. The molecule has 0 saturated carbocycles. The Morgan fingerprint density at radius 1 is 0.925 bits per heavy atom. The topological polar surface area (TPSA) is 96.0 Å². The number of nitrogens with one attached hydrogen (secondary N) is 1. The molecule has 0 saturated heterocycles. The molecule has 3 aromatic rings. The van der Waals surface area contributed by atoms with E-state index in [0.29, 0.717) is 17.7 Å². The van der Waals surface area contributed by atoms with Crippen molar-refractivity contribution < 1.29 is 59.3 Å². The van der Waals surface area contributed by atoms with Gasteiger partial charge in [0.2, 0.25) is 11.6 Å². The number of methoxy groups -OCH3 is 2. The van der Waals surface area contributed by atoms with Gasteiger partial charge in [-0.2, -0.15) is 17.6 Å². The summed E-state index contributed by atoms with van der Waals surface area (Å²) in [5.74, 6) is -6.82. The first-order valence-corrected chi connectivity index (χ1v) is 10.9. The van der Waals surface area contributed by atoms with E-state index in [-0.39, 0.29) is 11.4 Å². The number of halogens is 7. The Bertz CT molecular complexity index is 1460. The normalized spacial score (nSPS) is 11.6. The van der Waals surface area contributed by atoms with Crippen LogP contribution < -0.4 is 19.5 Å². The first-order valence-electron chi connectivity index (χ1n) is 10.9. The Labute approximate surface area is 221 Å². The lowest BCUT2D eigenvalue weighted by atomic mass is 9.99. The minimum atomic E-state index is -5.23. The van der Waals surface area contributed by atoms with E-state index in [4.69, 9.17) is 9.47 Å². The molecular formula is C25H19F7N2O6. The third kappa shape index (κ3) is 6.52. The second kappa shape index (κ2) is 11.3. The molecule has 0 aliphatic rings. The van der Waals surface area contributed by atoms with Crippen molar-refractivity contribution in [2.24, 2.45) is 0 Å². The Morgan fingerprint density at radius 3 is 2.12 bits per heavy atom. The minimum Gasteiger partial charge on any atom is -0.490 e. The average molecular weight is 576 g/mol. The summed E-state index contributed by atoms with van der Waals surface area (Å²) < 4.78 is 112. The molecule has 8 nitrogen and oxygen atoms in total. The third-order valence-electron chi connectivity index (χ3n) is 5.38. The lowest BCUT2D eigenvalue weighted by Crippen LogP contribution is -2.19. The van der Waals surface area contributed by atoms with Crippen LogP contribution in [0.15, 0.2) is 36.5 Å². The number of aryl methyl sites for hydroxylation is 1. The zero-order valence-corrected chi connectivity index (χ0v) is 21.0. The summed E-state index contributed by atoms with van der Waals surface area (Å²) in [7, 11) is 2.00. The van der Waals surface area contributed by atoms with Crippen molar-refractivity contribution >= 4 is 17.6 Å². The van der Waals surface area contributed by atoms with Crippen LogP contribution in [0.1, 0.15) is 37.5 Å². The maximum absolute atomic E-state index is 14.7. The van der Waals surface area contributed by atoms with E-state index in [1.165, 1.54) is 13.1 Å². The lowest BCUT2D eigenvalue weighted by Gasteiger charge is -2.20. The van der Waals surface area contributed by atoms with E-state index >= 15 is 0 Å². The molecule has 3 rings (SSSR count). The van der Waals surface area contributed by atoms with Gasteiger partial charge in [0, 0.05) is 11.9 Å². The predicted octanol–water partition coefficient (Wildman–Crippen LogP) is 6.59. The fourth-order valence-electron chi connectivity index (χ4n) is 3.53. The molecule has 214 valence electrons. The monoisotopic (exact) mass is 576 g/mol. The quantitative estimate of drug-likeness (QED) is 0.250. The molecular weight excluding hydrogens is 557 g/mol. The molecule has 1 amide bonds. The van der Waals surface area contributed by atoms with Crippen molar-refractivity contribution in [2.45, 2.75) is 26.4 Å². The highest BCUT2D eigenvalue weighted by Crippen LogP contribution is 2.43. The molecule has 1 aromatic heterocycles. The van der Waals surface area contributed by atoms with E-state index < -0.39 is 69.9 Å². The number of rotatable bonds is 7. The van der Waals surface area contributed by atoms with E-state index in [9.17, 15) is 40.3 Å². The molecule has 0 bridgehead atoms. The van der Waals surface area contributed by atoms with Crippen LogP contribution in [0.4, 0.5) is 36.4 Å². The highest BCUT2D eigenvalue weighted by Gasteiger charge is 2.36. The number of hydrogen-bond donors (Lipinski definition) is 1. The minimum absolute atomic E-state index is 0.000407. The second-order valence-corrected chi connectivity index (χ2v) is 8.00. The number of carbonyl (C=O) groups is 2. The van der Waals surface area contributed by atoms with Crippen LogP contribution in [0.3, 0.4) is 0 Å². The van der Waals surface area contributed by atoms with Gasteiger partial charge in [-0.15, -0.1) is 13.2 Å². The summed E-state index contributed by atoms with van der Waals surface area (Å²) >= 11 is 0. The summed E-state index contributed by atoms with van der Waals surface area (Å²) in [6, 6.07) is 3.90. The molecule has 40 heavy (non-hydrogen) atoms. The molecule has 1 N–H and O–H groups in total. The highest BCUT2D eigenvalue weighted by molar-refractivity contribution is 6.08. The number of pyridine rings is 1. The number of alkyl halides is 6. The van der Waals surface area contributed by atoms with Gasteiger partial charge in [-0.3, -0.25) is 4.79 Å². The third-order valence-corrected chi connectivity index (χ3v) is 5.38. The fraction of sp³-hybridized carbons (Fsp3) is 0.240. The molecule has 1 heterocycles. The Balaban J connectivity index is 2.12. The molecule has 2 aromatic carbocycles. The number of amides is 1. The van der Waals surface area contributed by atoms with Crippen molar-refractivity contribution in [3.63, 3.8) is 0 Å². The lowest BCUT2D eigenvalue weighted by molar-refractivity contribution is -0.275. The van der Waals surface area contributed by atoms with E-state index in [0.717, 1.165) is 39.3 Å². The van der Waals surface area contributed by atoms with Crippen LogP contribution >= 0.6 is 0 Å². The van der Waals surface area contributed by atoms with Gasteiger partial charge >= 0.3 is 18.5 Å². The first-order chi connectivity index (χ1) is 18.6. The maximum Gasteiger partial charge on any atom is 0.573 e. The average Bonchev–Trinajstić information content (AvgIpc) is 2.85. The summed E-state index contributed by atoms with van der Waals surface area (Å²) in [6.45, 7) is 2.49. The largest absolute Gasteiger partial charge is 0.573 e. The SMILES string of the molecule is COC(=O)c1cc(NC(=O)c2c(Oc3ccc(OC(F)(F)F)c(F)c3OC)ccc(C(F)(F)F)c2C)c(C)cn1. The summed E-state index contributed by atoms with van der Waals surface area (Å²) in [6.07, 6.45) is -8.90. The van der Waals surface area contributed by atoms with Crippen LogP contribution in [0.2, 0.25) is 0 Å². The summed E-state index contributed by atoms with van der Waals surface area (Å²) in [5, 5.41) is 2.38. The van der Waals surface area contributed by atoms with Crippen molar-refractivity contribution in [2.75, 3.05) is 19.5 Å². The van der Waals surface area contributed by atoms with Crippen molar-refractivity contribution in [3.05, 3.63) is 70.3 Å². The molecule has 0 spiro atoms. The van der Waals surface area contributed by atoms with Gasteiger partial charge < -0.3 is 24.3 Å². The molecule has 0 fully saturated rings. The smallest absolute Gasteiger partial charge is 0.490 e. The molecule has 0 aliphatic carbocycles. The van der Waals surface area contributed by atoms with Gasteiger partial charge in [0.25, 0.3) is 5.91 Å². The van der Waals surface area contributed by atoms with Crippen LogP contribution in [0, 0.1) is 19.7 Å². The number of esters is 1. The zero-order chi connectivity index (χ0) is 30.0. The molecule has 0 radical (unpaired) electrons. The molecule has 15 heteroatoms. The Hall–Kier alpha value is -4.56. The van der Waals surface area contributed by atoms with E-state index in [1.54, 1.807) is 0 Å². The van der Waals surface area contributed by atoms with Gasteiger partial charge in [-0.05, 0) is 55.3 Å². The zero-order valence-electron chi connectivity index (χ0n) is 21.0. The number of hydrogen-bond acceptors (Lipinski definition) is 7. The van der Waals surface area contributed by atoms with Gasteiger partial charge in [0.1, 0.15) is 11.4 Å². The maximum atomic E-state index is 14.7.